The second-order valence-corrected chi connectivity index (χ2v) is 7.51. The molecule has 3 aliphatic rings. The number of rotatable bonds is 4. The van der Waals surface area contributed by atoms with E-state index in [0.717, 1.165) is 25.5 Å². The van der Waals surface area contributed by atoms with Crippen LogP contribution in [0.1, 0.15) is 49.3 Å². The summed E-state index contributed by atoms with van der Waals surface area (Å²) in [6.45, 7) is 2.74. The molecular formula is C20H31ClN2O2. The van der Waals surface area contributed by atoms with Crippen molar-refractivity contribution in [3.8, 4) is 5.75 Å². The van der Waals surface area contributed by atoms with Crippen molar-refractivity contribution in [2.45, 2.75) is 56.7 Å². The van der Waals surface area contributed by atoms with Crippen molar-refractivity contribution in [2.24, 2.45) is 5.92 Å². The van der Waals surface area contributed by atoms with Gasteiger partial charge in [-0.15, -0.1) is 12.4 Å². The summed E-state index contributed by atoms with van der Waals surface area (Å²) in [6, 6.07) is 8.25. The zero-order chi connectivity index (χ0) is 16.4. The first-order valence-electron chi connectivity index (χ1n) is 9.59. The molecule has 4 nitrogen and oxygen atoms in total. The largest absolute Gasteiger partial charge is 0.497 e. The highest BCUT2D eigenvalue weighted by atomic mass is 35.5. The van der Waals surface area contributed by atoms with E-state index >= 15 is 0 Å². The van der Waals surface area contributed by atoms with E-state index in [0.29, 0.717) is 24.0 Å². The number of hydrogen-bond donors (Lipinski definition) is 2. The minimum atomic E-state index is 0. The maximum Gasteiger partial charge on any atom is 0.119 e. The highest BCUT2D eigenvalue weighted by Crippen LogP contribution is 2.36. The molecule has 140 valence electrons. The summed E-state index contributed by atoms with van der Waals surface area (Å²) in [7, 11) is 1.75. The van der Waals surface area contributed by atoms with E-state index in [4.69, 9.17) is 9.47 Å². The molecule has 1 aromatic rings. The highest BCUT2D eigenvalue weighted by Gasteiger charge is 2.36. The van der Waals surface area contributed by atoms with Crippen LogP contribution in [-0.4, -0.2) is 39.0 Å². The number of ether oxygens (including phenoxy) is 2. The number of benzene rings is 1. The van der Waals surface area contributed by atoms with Crippen LogP contribution in [0.25, 0.3) is 0 Å². The minimum absolute atomic E-state index is 0. The standard InChI is InChI=1S/C20H30N2O2.ClH/c1-23-15-8-9-16-14(12-15)4-2-6-18(16)22-19-7-3-5-17(19)20-13-24-11-10-21-20;/h8-9,12,17-22H,2-7,10-11,13H2,1H3;1H. The quantitative estimate of drug-likeness (QED) is 0.858. The van der Waals surface area contributed by atoms with Crippen molar-refractivity contribution in [3.63, 3.8) is 0 Å². The topological polar surface area (TPSA) is 42.5 Å². The normalized spacial score (nSPS) is 31.9. The molecule has 2 aliphatic carbocycles. The summed E-state index contributed by atoms with van der Waals surface area (Å²) in [5, 5.41) is 7.70. The predicted octanol–water partition coefficient (Wildman–Crippen LogP) is 3.24. The predicted molar refractivity (Wildman–Crippen MR) is 103 cm³/mol. The van der Waals surface area contributed by atoms with E-state index in [2.05, 4.69) is 28.8 Å². The van der Waals surface area contributed by atoms with Gasteiger partial charge in [0.2, 0.25) is 0 Å². The Morgan fingerprint density at radius 3 is 2.92 bits per heavy atom. The van der Waals surface area contributed by atoms with Crippen LogP contribution in [0, 0.1) is 5.92 Å². The van der Waals surface area contributed by atoms with Gasteiger partial charge in [-0.3, -0.25) is 0 Å². The molecule has 1 aromatic carbocycles. The first kappa shape index (κ1) is 19.0. The number of fused-ring (bicyclic) bond motifs is 1. The van der Waals surface area contributed by atoms with Crippen LogP contribution in [0.15, 0.2) is 18.2 Å². The number of hydrogen-bond acceptors (Lipinski definition) is 4. The third-order valence-corrected chi connectivity index (χ3v) is 6.12. The molecule has 1 saturated heterocycles. The Morgan fingerprint density at radius 1 is 1.20 bits per heavy atom. The van der Waals surface area contributed by atoms with Crippen molar-refractivity contribution in [2.75, 3.05) is 26.9 Å². The van der Waals surface area contributed by atoms with Gasteiger partial charge in [-0.25, -0.2) is 0 Å². The molecule has 2 N–H and O–H groups in total. The van der Waals surface area contributed by atoms with Crippen LogP contribution in [0.4, 0.5) is 0 Å². The zero-order valence-corrected chi connectivity index (χ0v) is 15.9. The van der Waals surface area contributed by atoms with Gasteiger partial charge in [0.05, 0.1) is 20.3 Å². The maximum atomic E-state index is 5.71. The summed E-state index contributed by atoms with van der Waals surface area (Å²) in [4.78, 5) is 0. The molecule has 1 heterocycles. The monoisotopic (exact) mass is 366 g/mol. The molecule has 4 atom stereocenters. The van der Waals surface area contributed by atoms with Gasteiger partial charge in [0.25, 0.3) is 0 Å². The number of methoxy groups -OCH3 is 1. The average molecular weight is 367 g/mol. The Kier molecular flexibility index (Phi) is 6.61. The van der Waals surface area contributed by atoms with E-state index in [1.54, 1.807) is 7.11 Å². The molecule has 0 spiro atoms. The SMILES string of the molecule is COc1ccc2c(c1)CCCC2NC1CCCC1C1COCCN1.Cl. The van der Waals surface area contributed by atoms with Gasteiger partial charge in [-0.05, 0) is 61.3 Å². The van der Waals surface area contributed by atoms with Gasteiger partial charge in [0.15, 0.2) is 0 Å². The number of nitrogens with one attached hydrogen (secondary N) is 2. The summed E-state index contributed by atoms with van der Waals surface area (Å²) in [5.74, 6) is 1.69. The fourth-order valence-corrected chi connectivity index (χ4v) is 4.89. The third kappa shape index (κ3) is 4.13. The number of morpholine rings is 1. The Hall–Kier alpha value is -0.810. The van der Waals surface area contributed by atoms with Crippen LogP contribution < -0.4 is 15.4 Å². The Balaban J connectivity index is 0.00000182. The lowest BCUT2D eigenvalue weighted by atomic mass is 9.85. The molecule has 0 radical (unpaired) electrons. The van der Waals surface area contributed by atoms with Crippen molar-refractivity contribution in [1.29, 1.82) is 0 Å². The third-order valence-electron chi connectivity index (χ3n) is 6.12. The van der Waals surface area contributed by atoms with Crippen LogP contribution >= 0.6 is 12.4 Å². The van der Waals surface area contributed by atoms with Gasteiger partial charge in [-0.2, -0.15) is 0 Å². The fraction of sp³-hybridized carbons (Fsp3) is 0.700. The molecule has 0 amide bonds. The van der Waals surface area contributed by atoms with Crippen LogP contribution in [0.2, 0.25) is 0 Å². The van der Waals surface area contributed by atoms with Crippen molar-refractivity contribution < 1.29 is 9.47 Å². The van der Waals surface area contributed by atoms with E-state index in [9.17, 15) is 0 Å². The molecule has 0 bridgehead atoms. The summed E-state index contributed by atoms with van der Waals surface area (Å²) >= 11 is 0. The molecule has 1 saturated carbocycles. The summed E-state index contributed by atoms with van der Waals surface area (Å²) in [5.41, 5.74) is 2.95. The lowest BCUT2D eigenvalue weighted by molar-refractivity contribution is 0.0514. The van der Waals surface area contributed by atoms with Crippen molar-refractivity contribution in [3.05, 3.63) is 29.3 Å². The fourth-order valence-electron chi connectivity index (χ4n) is 4.89. The lowest BCUT2D eigenvalue weighted by Gasteiger charge is -2.36. The highest BCUT2D eigenvalue weighted by molar-refractivity contribution is 5.85. The first-order valence-corrected chi connectivity index (χ1v) is 9.59. The lowest BCUT2D eigenvalue weighted by Crippen LogP contribution is -2.51. The minimum Gasteiger partial charge on any atom is -0.497 e. The van der Waals surface area contributed by atoms with Crippen molar-refractivity contribution in [1.82, 2.24) is 10.6 Å². The molecule has 4 rings (SSSR count). The average Bonchev–Trinajstić information content (AvgIpc) is 3.10. The molecule has 0 aromatic heterocycles. The number of aryl methyl sites for hydroxylation is 1. The van der Waals surface area contributed by atoms with Crippen LogP contribution in [0.3, 0.4) is 0 Å². The number of halogens is 1. The molecule has 2 fully saturated rings. The first-order chi connectivity index (χ1) is 11.8. The molecule has 5 heteroatoms. The molecule has 25 heavy (non-hydrogen) atoms. The summed E-state index contributed by atoms with van der Waals surface area (Å²) < 4.78 is 11.1. The van der Waals surface area contributed by atoms with Crippen LogP contribution in [-0.2, 0) is 11.2 Å². The Bertz CT molecular complexity index is 563. The second-order valence-electron chi connectivity index (χ2n) is 7.51. The Morgan fingerprint density at radius 2 is 2.12 bits per heavy atom. The van der Waals surface area contributed by atoms with Gasteiger partial charge in [-0.1, -0.05) is 12.5 Å². The molecular weight excluding hydrogens is 336 g/mol. The van der Waals surface area contributed by atoms with E-state index in [1.165, 1.54) is 49.7 Å². The molecule has 1 aliphatic heterocycles. The van der Waals surface area contributed by atoms with Gasteiger partial charge >= 0.3 is 0 Å². The van der Waals surface area contributed by atoms with Gasteiger partial charge in [0.1, 0.15) is 5.75 Å². The second kappa shape index (κ2) is 8.72. The van der Waals surface area contributed by atoms with Gasteiger partial charge in [0, 0.05) is 24.7 Å². The van der Waals surface area contributed by atoms with E-state index < -0.39 is 0 Å². The van der Waals surface area contributed by atoms with Crippen LogP contribution in [0.5, 0.6) is 5.75 Å². The summed E-state index contributed by atoms with van der Waals surface area (Å²) in [6.07, 6.45) is 7.64. The van der Waals surface area contributed by atoms with E-state index in [-0.39, 0.29) is 12.4 Å². The van der Waals surface area contributed by atoms with Gasteiger partial charge < -0.3 is 20.1 Å². The zero-order valence-electron chi connectivity index (χ0n) is 15.1. The smallest absolute Gasteiger partial charge is 0.119 e. The molecule has 4 unspecified atom stereocenters. The maximum absolute atomic E-state index is 5.71. The Labute approximate surface area is 157 Å². The van der Waals surface area contributed by atoms with Crippen molar-refractivity contribution >= 4 is 12.4 Å². The van der Waals surface area contributed by atoms with E-state index in [1.807, 2.05) is 0 Å².